The first-order chi connectivity index (χ1) is 15.9. The highest BCUT2D eigenvalue weighted by atomic mass is 32.2. The van der Waals surface area contributed by atoms with Crippen molar-refractivity contribution in [2.75, 3.05) is 5.73 Å². The number of nitriles is 2. The van der Waals surface area contributed by atoms with Crippen LogP contribution in [0.15, 0.2) is 58.0 Å². The molecular weight excluding hydrogens is 437 g/mol. The van der Waals surface area contributed by atoms with Crippen LogP contribution in [0.1, 0.15) is 28.1 Å². The zero-order valence-electron chi connectivity index (χ0n) is 17.9. The van der Waals surface area contributed by atoms with Gasteiger partial charge in [0, 0.05) is 11.3 Å². The molecule has 0 amide bonds. The number of oxazole rings is 1. The van der Waals surface area contributed by atoms with Crippen molar-refractivity contribution in [3.05, 3.63) is 82.5 Å². The standard InChI is InChI=1S/C25H18FN5OS/c1-14-7-9-16(10-8-14)22-18(11-27)23(29)31-25(19(22)12-28)33-13-21-15(2)32-24(30-21)17-5-3-4-6-20(17)26/h3-10H,13H2,1-2H3,(H2,29,31). The van der Waals surface area contributed by atoms with E-state index in [-0.39, 0.29) is 28.4 Å². The Kier molecular flexibility index (Phi) is 6.12. The lowest BCUT2D eigenvalue weighted by Gasteiger charge is -2.13. The first-order valence-corrected chi connectivity index (χ1v) is 11.0. The summed E-state index contributed by atoms with van der Waals surface area (Å²) in [6.45, 7) is 3.70. The lowest BCUT2D eigenvalue weighted by molar-refractivity contribution is 0.533. The van der Waals surface area contributed by atoms with Crippen molar-refractivity contribution < 1.29 is 8.81 Å². The van der Waals surface area contributed by atoms with Crippen molar-refractivity contribution in [1.29, 1.82) is 10.5 Å². The third-order valence-electron chi connectivity index (χ3n) is 5.10. The molecule has 0 atom stereocenters. The number of nitrogens with two attached hydrogens (primary N) is 1. The summed E-state index contributed by atoms with van der Waals surface area (Å²) in [6.07, 6.45) is 0. The highest BCUT2D eigenvalue weighted by molar-refractivity contribution is 7.98. The monoisotopic (exact) mass is 455 g/mol. The molecule has 6 nitrogen and oxygen atoms in total. The highest BCUT2D eigenvalue weighted by Crippen LogP contribution is 2.37. The predicted molar refractivity (Wildman–Crippen MR) is 124 cm³/mol. The Morgan fingerprint density at radius 3 is 2.36 bits per heavy atom. The van der Waals surface area contributed by atoms with Crippen molar-refractivity contribution in [2.24, 2.45) is 0 Å². The second-order valence-corrected chi connectivity index (χ2v) is 8.27. The summed E-state index contributed by atoms with van der Waals surface area (Å²) in [5, 5.41) is 20.0. The molecule has 0 radical (unpaired) electrons. The summed E-state index contributed by atoms with van der Waals surface area (Å²) < 4.78 is 19.8. The molecule has 0 fully saturated rings. The maximum atomic E-state index is 14.1. The van der Waals surface area contributed by atoms with E-state index in [1.807, 2.05) is 31.2 Å². The molecule has 0 aliphatic rings. The Balaban J connectivity index is 1.71. The SMILES string of the molecule is Cc1ccc(-c2c(C#N)c(N)nc(SCc3nc(-c4ccccc4F)oc3C)c2C#N)cc1. The van der Waals surface area contributed by atoms with Gasteiger partial charge in [0.15, 0.2) is 0 Å². The molecule has 4 rings (SSSR count). The van der Waals surface area contributed by atoms with Crippen LogP contribution in [-0.4, -0.2) is 9.97 Å². The average molecular weight is 456 g/mol. The molecule has 0 spiro atoms. The average Bonchev–Trinajstić information content (AvgIpc) is 3.18. The van der Waals surface area contributed by atoms with Crippen molar-refractivity contribution >= 4 is 17.6 Å². The molecule has 2 aromatic carbocycles. The number of anilines is 1. The van der Waals surface area contributed by atoms with Crippen LogP contribution in [0.5, 0.6) is 0 Å². The number of benzene rings is 2. The summed E-state index contributed by atoms with van der Waals surface area (Å²) in [4.78, 5) is 8.76. The summed E-state index contributed by atoms with van der Waals surface area (Å²) in [5.41, 5.74) is 9.62. The number of thioether (sulfide) groups is 1. The third kappa shape index (κ3) is 4.30. The summed E-state index contributed by atoms with van der Waals surface area (Å²) in [6, 6.07) is 18.0. The highest BCUT2D eigenvalue weighted by Gasteiger charge is 2.22. The van der Waals surface area contributed by atoms with Crippen molar-refractivity contribution in [1.82, 2.24) is 9.97 Å². The number of aryl methyl sites for hydroxylation is 2. The summed E-state index contributed by atoms with van der Waals surface area (Å²) in [5.74, 6) is 0.686. The van der Waals surface area contributed by atoms with E-state index >= 15 is 0 Å². The zero-order chi connectivity index (χ0) is 23.5. The van der Waals surface area contributed by atoms with E-state index in [0.717, 1.165) is 5.56 Å². The van der Waals surface area contributed by atoms with Gasteiger partial charge < -0.3 is 10.2 Å². The van der Waals surface area contributed by atoms with Crippen molar-refractivity contribution in [3.63, 3.8) is 0 Å². The Labute approximate surface area is 194 Å². The van der Waals surface area contributed by atoms with Gasteiger partial charge in [0.05, 0.1) is 16.8 Å². The van der Waals surface area contributed by atoms with Crippen molar-refractivity contribution in [3.8, 4) is 34.7 Å². The van der Waals surface area contributed by atoms with Gasteiger partial charge in [-0.3, -0.25) is 0 Å². The smallest absolute Gasteiger partial charge is 0.229 e. The number of nitrogens with zero attached hydrogens (tertiary/aromatic N) is 4. The van der Waals surface area contributed by atoms with E-state index in [2.05, 4.69) is 22.1 Å². The first kappa shape index (κ1) is 22.1. The molecule has 2 N–H and O–H groups in total. The molecule has 0 bridgehead atoms. The largest absolute Gasteiger partial charge is 0.441 e. The number of pyridine rings is 1. The van der Waals surface area contributed by atoms with Crippen LogP contribution >= 0.6 is 11.8 Å². The third-order valence-corrected chi connectivity index (χ3v) is 6.09. The van der Waals surface area contributed by atoms with Gasteiger partial charge in [0.25, 0.3) is 0 Å². The molecule has 8 heteroatoms. The fourth-order valence-corrected chi connectivity index (χ4v) is 4.36. The van der Waals surface area contributed by atoms with E-state index in [1.54, 1.807) is 25.1 Å². The predicted octanol–water partition coefficient (Wildman–Crippen LogP) is 5.78. The Morgan fingerprint density at radius 2 is 1.70 bits per heavy atom. The summed E-state index contributed by atoms with van der Waals surface area (Å²) in [7, 11) is 0. The topological polar surface area (TPSA) is 113 Å². The van der Waals surface area contributed by atoms with Crippen molar-refractivity contribution in [2.45, 2.75) is 24.6 Å². The minimum Gasteiger partial charge on any atom is -0.441 e. The number of halogens is 1. The van der Waals surface area contributed by atoms with Gasteiger partial charge in [0.1, 0.15) is 40.1 Å². The molecule has 0 aliphatic heterocycles. The maximum absolute atomic E-state index is 14.1. The van der Waals surface area contributed by atoms with E-state index < -0.39 is 5.82 Å². The molecule has 0 aliphatic carbocycles. The normalized spacial score (nSPS) is 10.6. The Hall–Kier alpha value is -4.14. The number of aromatic nitrogens is 2. The lowest BCUT2D eigenvalue weighted by Crippen LogP contribution is -2.03. The van der Waals surface area contributed by atoms with E-state index in [1.165, 1.54) is 17.8 Å². The fraction of sp³-hybridized carbons (Fsp3) is 0.120. The van der Waals surface area contributed by atoms with Gasteiger partial charge >= 0.3 is 0 Å². The fourth-order valence-electron chi connectivity index (χ4n) is 3.36. The number of nitrogen functional groups attached to an aromatic ring is 1. The minimum absolute atomic E-state index is 0.0542. The number of rotatable bonds is 5. The second-order valence-electron chi connectivity index (χ2n) is 7.31. The van der Waals surface area contributed by atoms with E-state index in [4.69, 9.17) is 10.2 Å². The van der Waals surface area contributed by atoms with E-state index in [9.17, 15) is 14.9 Å². The van der Waals surface area contributed by atoms with Crippen LogP contribution in [0, 0.1) is 42.3 Å². The molecule has 0 saturated carbocycles. The van der Waals surface area contributed by atoms with E-state index in [0.29, 0.717) is 33.4 Å². The second kappa shape index (κ2) is 9.15. The molecule has 4 aromatic rings. The minimum atomic E-state index is -0.422. The molecule has 2 heterocycles. The lowest BCUT2D eigenvalue weighted by atomic mass is 9.96. The van der Waals surface area contributed by atoms with Gasteiger partial charge in [-0.05, 0) is 31.5 Å². The zero-order valence-corrected chi connectivity index (χ0v) is 18.7. The summed E-state index contributed by atoms with van der Waals surface area (Å²) >= 11 is 1.26. The first-order valence-electron chi connectivity index (χ1n) is 9.97. The van der Waals surface area contributed by atoms with Crippen LogP contribution in [0.25, 0.3) is 22.6 Å². The number of hydrogen-bond acceptors (Lipinski definition) is 7. The number of hydrogen-bond donors (Lipinski definition) is 1. The molecule has 33 heavy (non-hydrogen) atoms. The van der Waals surface area contributed by atoms with Gasteiger partial charge in [-0.1, -0.05) is 53.7 Å². The Bertz CT molecular complexity index is 1430. The van der Waals surface area contributed by atoms with Crippen LogP contribution < -0.4 is 5.73 Å². The van der Waals surface area contributed by atoms with Crippen LogP contribution in [0.4, 0.5) is 10.2 Å². The van der Waals surface area contributed by atoms with Crippen LogP contribution in [-0.2, 0) is 5.75 Å². The van der Waals surface area contributed by atoms with Gasteiger partial charge in [-0.25, -0.2) is 14.4 Å². The van der Waals surface area contributed by atoms with Gasteiger partial charge in [-0.15, -0.1) is 0 Å². The van der Waals surface area contributed by atoms with Crippen LogP contribution in [0.2, 0.25) is 0 Å². The van der Waals surface area contributed by atoms with Crippen LogP contribution in [0.3, 0.4) is 0 Å². The van der Waals surface area contributed by atoms with Gasteiger partial charge in [-0.2, -0.15) is 10.5 Å². The van der Waals surface area contributed by atoms with Gasteiger partial charge in [0.2, 0.25) is 5.89 Å². The molecule has 2 aromatic heterocycles. The quantitative estimate of drug-likeness (QED) is 0.380. The maximum Gasteiger partial charge on any atom is 0.229 e. The molecule has 162 valence electrons. The Morgan fingerprint density at radius 1 is 1.00 bits per heavy atom. The molecule has 0 saturated heterocycles. The molecule has 0 unspecified atom stereocenters. The molecular formula is C25H18FN5OS.